The molecule has 0 spiro atoms. The summed E-state index contributed by atoms with van der Waals surface area (Å²) in [6, 6.07) is 13.6. The van der Waals surface area contributed by atoms with E-state index in [2.05, 4.69) is 43.8 Å². The predicted molar refractivity (Wildman–Crippen MR) is 115 cm³/mol. The van der Waals surface area contributed by atoms with Gasteiger partial charge >= 0.3 is 0 Å². The van der Waals surface area contributed by atoms with E-state index in [0.29, 0.717) is 23.2 Å². The number of hydrogen-bond donors (Lipinski definition) is 2. The van der Waals surface area contributed by atoms with Gasteiger partial charge in [-0.1, -0.05) is 28.1 Å². The summed E-state index contributed by atoms with van der Waals surface area (Å²) in [5, 5.41) is 11.1. The lowest BCUT2D eigenvalue weighted by Crippen LogP contribution is -2.18. The van der Waals surface area contributed by atoms with Crippen molar-refractivity contribution in [2.24, 2.45) is 0 Å². The van der Waals surface area contributed by atoms with Crippen LogP contribution in [-0.2, 0) is 6.54 Å². The number of nitrogens with zero attached hydrogens (tertiary/aromatic N) is 2. The molecular weight excluding hydrogens is 428 g/mol. The van der Waals surface area contributed by atoms with Crippen LogP contribution in [0.25, 0.3) is 0 Å². The zero-order chi connectivity index (χ0) is 19.2. The number of halogens is 1. The molecule has 3 rings (SSSR count). The summed E-state index contributed by atoms with van der Waals surface area (Å²) in [7, 11) is 3.21. The van der Waals surface area contributed by atoms with Gasteiger partial charge in [-0.15, -0.1) is 0 Å². The molecule has 140 valence electrons. The van der Waals surface area contributed by atoms with Crippen LogP contribution < -0.4 is 20.1 Å². The SMILES string of the molecule is COc1cc(NC(=S)Nc2cnn(Cc3ccc(Br)cc3)c2)cc(OC)c1. The highest BCUT2D eigenvalue weighted by Gasteiger charge is 2.06. The van der Waals surface area contributed by atoms with E-state index >= 15 is 0 Å². The van der Waals surface area contributed by atoms with Crippen molar-refractivity contribution in [2.45, 2.75) is 6.54 Å². The van der Waals surface area contributed by atoms with E-state index in [1.807, 2.05) is 35.1 Å². The third-order valence-electron chi connectivity index (χ3n) is 3.76. The van der Waals surface area contributed by atoms with Crippen molar-refractivity contribution in [3.8, 4) is 11.5 Å². The molecule has 0 saturated carbocycles. The number of hydrogen-bond acceptors (Lipinski definition) is 4. The Labute approximate surface area is 171 Å². The minimum Gasteiger partial charge on any atom is -0.497 e. The minimum absolute atomic E-state index is 0.452. The van der Waals surface area contributed by atoms with Crippen molar-refractivity contribution in [3.63, 3.8) is 0 Å². The number of benzene rings is 2. The van der Waals surface area contributed by atoms with E-state index in [1.165, 1.54) is 0 Å². The highest BCUT2D eigenvalue weighted by molar-refractivity contribution is 9.10. The summed E-state index contributed by atoms with van der Waals surface area (Å²) in [4.78, 5) is 0. The molecule has 2 aromatic carbocycles. The second kappa shape index (κ2) is 8.88. The van der Waals surface area contributed by atoms with E-state index in [-0.39, 0.29) is 0 Å². The zero-order valence-corrected chi connectivity index (χ0v) is 17.3. The van der Waals surface area contributed by atoms with Crippen molar-refractivity contribution in [1.82, 2.24) is 9.78 Å². The number of nitrogens with one attached hydrogen (secondary N) is 2. The van der Waals surface area contributed by atoms with Crippen molar-refractivity contribution < 1.29 is 9.47 Å². The average molecular weight is 447 g/mol. The zero-order valence-electron chi connectivity index (χ0n) is 14.9. The molecule has 0 bridgehead atoms. The number of ether oxygens (including phenoxy) is 2. The molecule has 0 amide bonds. The second-order valence-corrected chi connectivity index (χ2v) is 7.06. The number of methoxy groups -OCH3 is 2. The molecule has 0 saturated heterocycles. The summed E-state index contributed by atoms with van der Waals surface area (Å²) < 4.78 is 13.4. The average Bonchev–Trinajstić information content (AvgIpc) is 3.09. The van der Waals surface area contributed by atoms with Gasteiger partial charge in [-0.05, 0) is 29.9 Å². The van der Waals surface area contributed by atoms with Gasteiger partial charge in [0.15, 0.2) is 5.11 Å². The van der Waals surface area contributed by atoms with Crippen LogP contribution in [0.5, 0.6) is 11.5 Å². The molecule has 0 atom stereocenters. The summed E-state index contributed by atoms with van der Waals surface area (Å²) in [5.41, 5.74) is 2.74. The Hall–Kier alpha value is -2.58. The Morgan fingerprint density at radius 2 is 1.67 bits per heavy atom. The molecule has 8 heteroatoms. The summed E-state index contributed by atoms with van der Waals surface area (Å²) in [6.07, 6.45) is 3.64. The molecule has 1 heterocycles. The first-order chi connectivity index (χ1) is 13.1. The largest absolute Gasteiger partial charge is 0.497 e. The van der Waals surface area contributed by atoms with Gasteiger partial charge in [-0.25, -0.2) is 0 Å². The Bertz CT molecular complexity index is 905. The third-order valence-corrected chi connectivity index (χ3v) is 4.49. The first kappa shape index (κ1) is 19.2. The van der Waals surface area contributed by atoms with Gasteiger partial charge in [0.2, 0.25) is 0 Å². The number of anilines is 2. The van der Waals surface area contributed by atoms with Gasteiger partial charge in [0.1, 0.15) is 11.5 Å². The summed E-state index contributed by atoms with van der Waals surface area (Å²) >= 11 is 8.82. The molecular formula is C19H19BrN4O2S. The molecule has 27 heavy (non-hydrogen) atoms. The van der Waals surface area contributed by atoms with Gasteiger partial charge in [0, 0.05) is 34.6 Å². The molecule has 3 aromatic rings. The van der Waals surface area contributed by atoms with Crippen LogP contribution in [-0.4, -0.2) is 29.1 Å². The molecule has 0 aliphatic heterocycles. The second-order valence-electron chi connectivity index (χ2n) is 5.73. The third kappa shape index (κ3) is 5.45. The highest BCUT2D eigenvalue weighted by atomic mass is 79.9. The molecule has 1 aromatic heterocycles. The van der Waals surface area contributed by atoms with Crippen LogP contribution in [0.15, 0.2) is 59.3 Å². The molecule has 0 unspecified atom stereocenters. The Morgan fingerprint density at radius 3 is 2.30 bits per heavy atom. The van der Waals surface area contributed by atoms with Crippen molar-refractivity contribution in [3.05, 3.63) is 64.9 Å². The highest BCUT2D eigenvalue weighted by Crippen LogP contribution is 2.26. The van der Waals surface area contributed by atoms with E-state index < -0.39 is 0 Å². The molecule has 0 aliphatic rings. The van der Waals surface area contributed by atoms with Crippen LogP contribution >= 0.6 is 28.1 Å². The molecule has 6 nitrogen and oxygen atoms in total. The normalized spacial score (nSPS) is 10.3. The first-order valence-electron chi connectivity index (χ1n) is 8.13. The lowest BCUT2D eigenvalue weighted by molar-refractivity contribution is 0.395. The predicted octanol–water partition coefficient (Wildman–Crippen LogP) is 4.52. The molecule has 0 fully saturated rings. The van der Waals surface area contributed by atoms with Gasteiger partial charge in [-0.2, -0.15) is 5.10 Å². The maximum atomic E-state index is 5.38. The fourth-order valence-corrected chi connectivity index (χ4v) is 2.96. The smallest absolute Gasteiger partial charge is 0.175 e. The topological polar surface area (TPSA) is 60.3 Å². The minimum atomic E-state index is 0.452. The van der Waals surface area contributed by atoms with Crippen LogP contribution in [0.1, 0.15) is 5.56 Å². The lowest BCUT2D eigenvalue weighted by Gasteiger charge is -2.12. The van der Waals surface area contributed by atoms with Gasteiger partial charge in [0.05, 0.1) is 32.6 Å². The Kier molecular flexibility index (Phi) is 6.31. The number of aromatic nitrogens is 2. The maximum Gasteiger partial charge on any atom is 0.175 e. The quantitative estimate of drug-likeness (QED) is 0.542. The monoisotopic (exact) mass is 446 g/mol. The fourth-order valence-electron chi connectivity index (χ4n) is 2.46. The molecule has 0 radical (unpaired) electrons. The fraction of sp³-hybridized carbons (Fsp3) is 0.158. The summed E-state index contributed by atoms with van der Waals surface area (Å²) in [5.74, 6) is 1.36. The van der Waals surface area contributed by atoms with Crippen LogP contribution in [0.4, 0.5) is 11.4 Å². The number of thiocarbonyl (C=S) groups is 1. The van der Waals surface area contributed by atoms with Gasteiger partial charge in [-0.3, -0.25) is 4.68 Å². The van der Waals surface area contributed by atoms with Crippen molar-refractivity contribution >= 4 is 44.6 Å². The van der Waals surface area contributed by atoms with Crippen LogP contribution in [0, 0.1) is 0 Å². The number of rotatable bonds is 6. The Morgan fingerprint density at radius 1 is 1.04 bits per heavy atom. The lowest BCUT2D eigenvalue weighted by atomic mass is 10.2. The van der Waals surface area contributed by atoms with E-state index in [9.17, 15) is 0 Å². The summed E-state index contributed by atoms with van der Waals surface area (Å²) in [6.45, 7) is 0.683. The van der Waals surface area contributed by atoms with Gasteiger partial charge in [0.25, 0.3) is 0 Å². The van der Waals surface area contributed by atoms with E-state index in [0.717, 1.165) is 21.4 Å². The van der Waals surface area contributed by atoms with Crippen LogP contribution in [0.2, 0.25) is 0 Å². The standard InChI is InChI=1S/C19H19BrN4O2S/c1-25-17-7-15(8-18(9-17)26-2)22-19(27)23-16-10-21-24(12-16)11-13-3-5-14(20)6-4-13/h3-10,12H,11H2,1-2H3,(H2,22,23,27). The van der Waals surface area contributed by atoms with Crippen LogP contribution in [0.3, 0.4) is 0 Å². The first-order valence-corrected chi connectivity index (χ1v) is 9.34. The van der Waals surface area contributed by atoms with Crippen molar-refractivity contribution in [1.29, 1.82) is 0 Å². The van der Waals surface area contributed by atoms with E-state index in [1.54, 1.807) is 26.5 Å². The van der Waals surface area contributed by atoms with Crippen molar-refractivity contribution in [2.75, 3.05) is 24.9 Å². The van der Waals surface area contributed by atoms with Gasteiger partial charge < -0.3 is 20.1 Å². The molecule has 0 aliphatic carbocycles. The molecule has 2 N–H and O–H groups in total. The maximum absolute atomic E-state index is 5.38. The Balaban J connectivity index is 1.61. The van der Waals surface area contributed by atoms with E-state index in [4.69, 9.17) is 21.7 Å².